The van der Waals surface area contributed by atoms with Gasteiger partial charge in [0.25, 0.3) is 11.8 Å². The van der Waals surface area contributed by atoms with Crippen molar-refractivity contribution in [2.45, 2.75) is 6.18 Å². The Morgan fingerprint density at radius 2 is 1.57 bits per heavy atom. The zero-order valence-electron chi connectivity index (χ0n) is 15.6. The second-order valence-electron chi connectivity index (χ2n) is 6.67. The van der Waals surface area contributed by atoms with E-state index in [2.05, 4.69) is 4.98 Å². The molecule has 0 aliphatic carbocycles. The van der Waals surface area contributed by atoms with Gasteiger partial charge in [-0.25, -0.2) is 4.98 Å². The number of carbonyl (C=O) groups is 2. The molecule has 1 aromatic carbocycles. The Hall–Kier alpha value is -2.72. The van der Waals surface area contributed by atoms with E-state index in [1.165, 1.54) is 23.5 Å². The molecule has 0 atom stereocenters. The molecule has 0 spiro atoms. The standard InChI is InChI=1S/C20H16F3N3O2S2/c21-20(22,23)14-5-3-13(4-6-14)18(27)25-7-9-26(10-8-25)19(28)16-12-24-17(30-16)15-2-1-11-29-15/h1-6,11-12H,7-10H2. The lowest BCUT2D eigenvalue weighted by molar-refractivity contribution is -0.137. The Balaban J connectivity index is 1.36. The molecule has 3 aromatic rings. The Morgan fingerprint density at radius 1 is 0.933 bits per heavy atom. The number of piperazine rings is 1. The van der Waals surface area contributed by atoms with Crippen molar-refractivity contribution in [3.8, 4) is 9.88 Å². The second kappa shape index (κ2) is 8.19. The number of amides is 2. The molecule has 2 amide bonds. The highest BCUT2D eigenvalue weighted by molar-refractivity contribution is 7.21. The van der Waals surface area contributed by atoms with Gasteiger partial charge in [-0.1, -0.05) is 6.07 Å². The number of alkyl halides is 3. The molecule has 156 valence electrons. The lowest BCUT2D eigenvalue weighted by atomic mass is 10.1. The maximum Gasteiger partial charge on any atom is 0.416 e. The van der Waals surface area contributed by atoms with Crippen LogP contribution in [0.3, 0.4) is 0 Å². The lowest BCUT2D eigenvalue weighted by Gasteiger charge is -2.34. The molecular weight excluding hydrogens is 435 g/mol. The van der Waals surface area contributed by atoms with Gasteiger partial charge in [-0.15, -0.1) is 22.7 Å². The monoisotopic (exact) mass is 451 g/mol. The molecule has 2 aromatic heterocycles. The average Bonchev–Trinajstić information content (AvgIpc) is 3.44. The smallest absolute Gasteiger partial charge is 0.335 e. The van der Waals surface area contributed by atoms with E-state index in [-0.39, 0.29) is 17.4 Å². The molecule has 5 nitrogen and oxygen atoms in total. The van der Waals surface area contributed by atoms with Crippen LogP contribution in [0.2, 0.25) is 0 Å². The number of rotatable bonds is 3. The number of nitrogens with zero attached hydrogens (tertiary/aromatic N) is 3. The SMILES string of the molecule is O=C(c1ccc(C(F)(F)F)cc1)N1CCN(C(=O)c2cnc(-c3cccs3)s2)CC1. The van der Waals surface area contributed by atoms with E-state index in [0.717, 1.165) is 22.0 Å². The highest BCUT2D eigenvalue weighted by Crippen LogP contribution is 2.30. The summed E-state index contributed by atoms with van der Waals surface area (Å²) in [7, 11) is 0. The Bertz CT molecular complexity index is 1040. The molecule has 0 radical (unpaired) electrons. The first-order valence-corrected chi connectivity index (χ1v) is 10.8. The first-order chi connectivity index (χ1) is 14.3. The van der Waals surface area contributed by atoms with Gasteiger partial charge in [-0.05, 0) is 35.7 Å². The molecular formula is C20H16F3N3O2S2. The van der Waals surface area contributed by atoms with E-state index in [9.17, 15) is 22.8 Å². The summed E-state index contributed by atoms with van der Waals surface area (Å²) < 4.78 is 38.0. The molecule has 1 aliphatic rings. The Labute approximate surface area is 178 Å². The van der Waals surface area contributed by atoms with Crippen LogP contribution in [-0.2, 0) is 6.18 Å². The summed E-state index contributed by atoms with van der Waals surface area (Å²) in [4.78, 5) is 34.4. The van der Waals surface area contributed by atoms with Crippen LogP contribution in [-0.4, -0.2) is 52.8 Å². The van der Waals surface area contributed by atoms with E-state index in [0.29, 0.717) is 31.1 Å². The van der Waals surface area contributed by atoms with E-state index >= 15 is 0 Å². The van der Waals surface area contributed by atoms with Gasteiger partial charge in [0.05, 0.1) is 16.6 Å². The number of hydrogen-bond donors (Lipinski definition) is 0. The highest BCUT2D eigenvalue weighted by atomic mass is 32.1. The summed E-state index contributed by atoms with van der Waals surface area (Å²) in [5, 5.41) is 2.75. The Morgan fingerprint density at radius 3 is 2.13 bits per heavy atom. The van der Waals surface area contributed by atoms with Gasteiger partial charge in [0.15, 0.2) is 0 Å². The molecule has 1 aliphatic heterocycles. The second-order valence-corrected chi connectivity index (χ2v) is 8.64. The number of benzene rings is 1. The molecule has 1 saturated heterocycles. The van der Waals surface area contributed by atoms with Crippen LogP contribution in [0.1, 0.15) is 25.6 Å². The fourth-order valence-electron chi connectivity index (χ4n) is 3.14. The minimum absolute atomic E-state index is 0.128. The van der Waals surface area contributed by atoms with Crippen molar-refractivity contribution in [2.75, 3.05) is 26.2 Å². The van der Waals surface area contributed by atoms with Crippen molar-refractivity contribution in [3.05, 3.63) is 64.0 Å². The predicted octanol–water partition coefficient (Wildman–Crippen LogP) is 4.49. The summed E-state index contributed by atoms with van der Waals surface area (Å²) in [6.07, 6.45) is -2.87. The van der Waals surface area contributed by atoms with Gasteiger partial charge in [-0.2, -0.15) is 13.2 Å². The van der Waals surface area contributed by atoms with E-state index in [1.807, 2.05) is 17.5 Å². The first kappa shape index (κ1) is 20.5. The van der Waals surface area contributed by atoms with Crippen molar-refractivity contribution >= 4 is 34.5 Å². The van der Waals surface area contributed by atoms with Crippen molar-refractivity contribution < 1.29 is 22.8 Å². The fraction of sp³-hybridized carbons (Fsp3) is 0.250. The van der Waals surface area contributed by atoms with Gasteiger partial charge in [0.2, 0.25) is 0 Å². The van der Waals surface area contributed by atoms with Crippen molar-refractivity contribution in [2.24, 2.45) is 0 Å². The predicted molar refractivity (Wildman–Crippen MR) is 109 cm³/mol. The number of hydrogen-bond acceptors (Lipinski definition) is 5. The number of halogens is 3. The fourth-order valence-corrected chi connectivity index (χ4v) is 4.83. The topological polar surface area (TPSA) is 53.5 Å². The zero-order chi connectivity index (χ0) is 21.3. The summed E-state index contributed by atoms with van der Waals surface area (Å²) in [5.74, 6) is -0.467. The number of thiazole rings is 1. The summed E-state index contributed by atoms with van der Waals surface area (Å²) in [6, 6.07) is 8.06. The van der Waals surface area contributed by atoms with E-state index in [4.69, 9.17) is 0 Å². The van der Waals surface area contributed by atoms with Gasteiger partial charge in [-0.3, -0.25) is 9.59 Å². The van der Waals surface area contributed by atoms with Crippen LogP contribution in [0.4, 0.5) is 13.2 Å². The molecule has 4 rings (SSSR count). The summed E-state index contributed by atoms with van der Waals surface area (Å²) in [6.45, 7) is 1.36. The molecule has 0 bridgehead atoms. The number of aromatic nitrogens is 1. The van der Waals surface area contributed by atoms with Gasteiger partial charge < -0.3 is 9.80 Å². The van der Waals surface area contributed by atoms with Crippen molar-refractivity contribution in [1.29, 1.82) is 0 Å². The third kappa shape index (κ3) is 4.24. The lowest BCUT2D eigenvalue weighted by Crippen LogP contribution is -2.50. The maximum absolute atomic E-state index is 12.8. The van der Waals surface area contributed by atoms with Crippen LogP contribution in [0.5, 0.6) is 0 Å². The third-order valence-electron chi connectivity index (χ3n) is 4.76. The van der Waals surface area contributed by atoms with Gasteiger partial charge >= 0.3 is 6.18 Å². The summed E-state index contributed by atoms with van der Waals surface area (Å²) >= 11 is 2.89. The van der Waals surface area contributed by atoms with Gasteiger partial charge in [0.1, 0.15) is 9.88 Å². The Kier molecular flexibility index (Phi) is 5.61. The quantitative estimate of drug-likeness (QED) is 0.590. The van der Waals surface area contributed by atoms with Crippen molar-refractivity contribution in [3.63, 3.8) is 0 Å². The van der Waals surface area contributed by atoms with E-state index < -0.39 is 11.7 Å². The largest absolute Gasteiger partial charge is 0.416 e. The molecule has 30 heavy (non-hydrogen) atoms. The van der Waals surface area contributed by atoms with Gasteiger partial charge in [0, 0.05) is 31.7 Å². The minimum Gasteiger partial charge on any atom is -0.335 e. The van der Waals surface area contributed by atoms with Crippen molar-refractivity contribution in [1.82, 2.24) is 14.8 Å². The third-order valence-corrected chi connectivity index (χ3v) is 6.79. The van der Waals surface area contributed by atoms with Crippen LogP contribution in [0.25, 0.3) is 9.88 Å². The first-order valence-electron chi connectivity index (χ1n) is 9.08. The molecule has 0 unspecified atom stereocenters. The van der Waals surface area contributed by atoms with Crippen LogP contribution >= 0.6 is 22.7 Å². The zero-order valence-corrected chi connectivity index (χ0v) is 17.2. The van der Waals surface area contributed by atoms with Crippen LogP contribution < -0.4 is 0 Å². The summed E-state index contributed by atoms with van der Waals surface area (Å²) in [5.41, 5.74) is -0.591. The molecule has 3 heterocycles. The maximum atomic E-state index is 12.8. The van der Waals surface area contributed by atoms with Crippen LogP contribution in [0.15, 0.2) is 48.0 Å². The normalized spacial score (nSPS) is 14.8. The molecule has 10 heteroatoms. The minimum atomic E-state index is -4.44. The number of thiophene rings is 1. The van der Waals surface area contributed by atoms with E-state index in [1.54, 1.807) is 27.3 Å². The highest BCUT2D eigenvalue weighted by Gasteiger charge is 2.31. The molecule has 0 saturated carbocycles. The molecule has 1 fully saturated rings. The van der Waals surface area contributed by atoms with Crippen LogP contribution in [0, 0.1) is 0 Å². The molecule has 0 N–H and O–H groups in total. The average molecular weight is 451 g/mol. The number of carbonyl (C=O) groups excluding carboxylic acids is 2.